The number of amides is 2. The molecule has 34 heavy (non-hydrogen) atoms. The van der Waals surface area contributed by atoms with E-state index in [-0.39, 0.29) is 31.4 Å². The second-order valence-corrected chi connectivity index (χ2v) is 7.72. The lowest BCUT2D eigenvalue weighted by molar-refractivity contribution is -0.121. The number of benzene rings is 3. The Morgan fingerprint density at radius 3 is 2.53 bits per heavy atom. The lowest BCUT2D eigenvalue weighted by Gasteiger charge is -2.30. The van der Waals surface area contributed by atoms with E-state index in [1.54, 1.807) is 60.5 Å². The van der Waals surface area contributed by atoms with Gasteiger partial charge in [-0.05, 0) is 53.6 Å². The van der Waals surface area contributed by atoms with Gasteiger partial charge in [-0.25, -0.2) is 4.79 Å². The number of carbonyl (C=O) groups excluding carboxylic acids is 3. The smallest absolute Gasteiger partial charge is 0.337 e. The van der Waals surface area contributed by atoms with Gasteiger partial charge in [-0.1, -0.05) is 24.3 Å². The van der Waals surface area contributed by atoms with Crippen LogP contribution >= 0.6 is 0 Å². The molecule has 8 heteroatoms. The Labute approximate surface area is 197 Å². The molecule has 0 saturated carbocycles. The van der Waals surface area contributed by atoms with Crippen molar-refractivity contribution >= 4 is 29.2 Å². The van der Waals surface area contributed by atoms with Crippen LogP contribution in [0.15, 0.2) is 66.7 Å². The van der Waals surface area contributed by atoms with E-state index < -0.39 is 5.97 Å². The molecule has 0 radical (unpaired) electrons. The minimum Gasteiger partial charge on any atom is -0.497 e. The van der Waals surface area contributed by atoms with E-state index in [0.717, 1.165) is 16.9 Å². The summed E-state index contributed by atoms with van der Waals surface area (Å²) in [5.74, 6) is 0.401. The van der Waals surface area contributed by atoms with Gasteiger partial charge in [0.2, 0.25) is 5.91 Å². The molecule has 3 aromatic carbocycles. The maximum atomic E-state index is 12.7. The monoisotopic (exact) mass is 460 g/mol. The molecule has 1 N–H and O–H groups in total. The number of nitrogens with zero attached hydrogens (tertiary/aromatic N) is 1. The van der Waals surface area contributed by atoms with Gasteiger partial charge in [-0.2, -0.15) is 0 Å². The van der Waals surface area contributed by atoms with Crippen LogP contribution in [0.2, 0.25) is 0 Å². The van der Waals surface area contributed by atoms with Crippen LogP contribution in [0.4, 0.5) is 11.4 Å². The highest BCUT2D eigenvalue weighted by Crippen LogP contribution is 2.35. The fraction of sp³-hybridized carbons (Fsp3) is 0.192. The summed E-state index contributed by atoms with van der Waals surface area (Å²) >= 11 is 0. The standard InChI is InChI=1S/C26H24N2O6/c1-32-21-9-6-17(7-10-21)13-24(29)27-20-8-11-23-22(14-20)28(25(30)16-34-23)15-18-4-3-5-19(12-18)26(31)33-2/h3-12,14H,13,15-16H2,1-2H3,(H,27,29). The summed E-state index contributed by atoms with van der Waals surface area (Å²) in [6.45, 7) is 0.149. The average molecular weight is 460 g/mol. The summed E-state index contributed by atoms with van der Waals surface area (Å²) in [5, 5.41) is 2.88. The van der Waals surface area contributed by atoms with E-state index >= 15 is 0 Å². The van der Waals surface area contributed by atoms with E-state index in [1.807, 2.05) is 18.2 Å². The van der Waals surface area contributed by atoms with E-state index in [9.17, 15) is 14.4 Å². The number of anilines is 2. The lowest BCUT2D eigenvalue weighted by atomic mass is 10.1. The Morgan fingerprint density at radius 1 is 1.00 bits per heavy atom. The highest BCUT2D eigenvalue weighted by Gasteiger charge is 2.26. The van der Waals surface area contributed by atoms with Crippen LogP contribution in [0.1, 0.15) is 21.5 Å². The number of hydrogen-bond donors (Lipinski definition) is 1. The SMILES string of the molecule is COC(=O)c1cccc(CN2C(=O)COc3ccc(NC(=O)Cc4ccc(OC)cc4)cc32)c1. The topological polar surface area (TPSA) is 94.2 Å². The predicted molar refractivity (Wildman–Crippen MR) is 126 cm³/mol. The van der Waals surface area contributed by atoms with Crippen LogP contribution in [0, 0.1) is 0 Å². The third-order valence-electron chi connectivity index (χ3n) is 5.40. The van der Waals surface area contributed by atoms with Crippen LogP contribution in [-0.4, -0.2) is 38.6 Å². The Balaban J connectivity index is 1.51. The summed E-state index contributed by atoms with van der Waals surface area (Å²) in [5.41, 5.74) is 3.10. The Bertz CT molecular complexity index is 1220. The number of esters is 1. The van der Waals surface area contributed by atoms with E-state index in [1.165, 1.54) is 7.11 Å². The quantitative estimate of drug-likeness (QED) is 0.542. The van der Waals surface area contributed by atoms with Gasteiger partial charge in [0, 0.05) is 5.69 Å². The predicted octanol–water partition coefficient (Wildman–Crippen LogP) is 3.59. The van der Waals surface area contributed by atoms with Crippen LogP contribution in [0.5, 0.6) is 11.5 Å². The fourth-order valence-electron chi connectivity index (χ4n) is 3.68. The Kier molecular flexibility index (Phi) is 6.77. The zero-order chi connectivity index (χ0) is 24.1. The highest BCUT2D eigenvalue weighted by atomic mass is 16.5. The van der Waals surface area contributed by atoms with Crippen molar-refractivity contribution in [3.8, 4) is 11.5 Å². The van der Waals surface area contributed by atoms with Gasteiger partial charge in [0.25, 0.3) is 5.91 Å². The van der Waals surface area contributed by atoms with Crippen LogP contribution in [0.25, 0.3) is 0 Å². The van der Waals surface area contributed by atoms with Crippen molar-refractivity contribution in [2.24, 2.45) is 0 Å². The number of hydrogen-bond acceptors (Lipinski definition) is 6. The van der Waals surface area contributed by atoms with Crippen molar-refractivity contribution in [3.05, 3.63) is 83.4 Å². The van der Waals surface area contributed by atoms with Crippen molar-refractivity contribution in [1.82, 2.24) is 0 Å². The van der Waals surface area contributed by atoms with E-state index in [0.29, 0.717) is 22.7 Å². The third-order valence-corrected chi connectivity index (χ3v) is 5.40. The zero-order valence-electron chi connectivity index (χ0n) is 18.9. The third kappa shape index (κ3) is 5.17. The molecule has 0 aromatic heterocycles. The summed E-state index contributed by atoms with van der Waals surface area (Å²) < 4.78 is 15.5. The first-order valence-corrected chi connectivity index (χ1v) is 10.6. The summed E-state index contributed by atoms with van der Waals surface area (Å²) in [4.78, 5) is 38.7. The average Bonchev–Trinajstić information content (AvgIpc) is 2.86. The van der Waals surface area contributed by atoms with Gasteiger partial charge in [0.05, 0.1) is 38.4 Å². The minimum atomic E-state index is -0.447. The molecule has 1 aliphatic heterocycles. The molecule has 174 valence electrons. The van der Waals surface area contributed by atoms with Gasteiger partial charge in [0.15, 0.2) is 6.61 Å². The van der Waals surface area contributed by atoms with Crippen molar-refractivity contribution < 1.29 is 28.6 Å². The molecule has 1 aliphatic rings. The molecule has 1 heterocycles. The summed E-state index contributed by atoms with van der Waals surface area (Å²) in [6.07, 6.45) is 0.195. The van der Waals surface area contributed by atoms with Gasteiger partial charge in [0.1, 0.15) is 11.5 Å². The van der Waals surface area contributed by atoms with Gasteiger partial charge in [-0.3, -0.25) is 9.59 Å². The Hall–Kier alpha value is -4.33. The molecule has 4 rings (SSSR count). The molecular weight excluding hydrogens is 436 g/mol. The number of ether oxygens (including phenoxy) is 3. The van der Waals surface area contributed by atoms with Gasteiger partial charge < -0.3 is 24.4 Å². The number of nitrogens with one attached hydrogen (secondary N) is 1. The van der Waals surface area contributed by atoms with E-state index in [2.05, 4.69) is 5.32 Å². The zero-order valence-corrected chi connectivity index (χ0v) is 18.9. The molecule has 0 bridgehead atoms. The number of carbonyl (C=O) groups is 3. The summed E-state index contributed by atoms with van der Waals surface area (Å²) in [7, 11) is 2.91. The van der Waals surface area contributed by atoms with Crippen LogP contribution in [-0.2, 0) is 27.3 Å². The normalized spacial score (nSPS) is 12.4. The first kappa shape index (κ1) is 22.8. The van der Waals surface area contributed by atoms with E-state index in [4.69, 9.17) is 14.2 Å². The molecule has 2 amide bonds. The molecule has 0 atom stereocenters. The van der Waals surface area contributed by atoms with Crippen molar-refractivity contribution in [2.45, 2.75) is 13.0 Å². The number of fused-ring (bicyclic) bond motifs is 1. The van der Waals surface area contributed by atoms with Crippen LogP contribution < -0.4 is 19.7 Å². The molecule has 0 unspecified atom stereocenters. The largest absolute Gasteiger partial charge is 0.497 e. The van der Waals surface area contributed by atoms with Crippen LogP contribution in [0.3, 0.4) is 0 Å². The Morgan fingerprint density at radius 2 is 1.79 bits per heavy atom. The molecular formula is C26H24N2O6. The van der Waals surface area contributed by atoms with Crippen molar-refractivity contribution in [2.75, 3.05) is 31.0 Å². The molecule has 0 fully saturated rings. The lowest BCUT2D eigenvalue weighted by Crippen LogP contribution is -2.38. The van der Waals surface area contributed by atoms with Gasteiger partial charge in [-0.15, -0.1) is 0 Å². The maximum Gasteiger partial charge on any atom is 0.337 e. The fourth-order valence-corrected chi connectivity index (χ4v) is 3.68. The molecule has 0 spiro atoms. The van der Waals surface area contributed by atoms with Crippen molar-refractivity contribution in [3.63, 3.8) is 0 Å². The highest BCUT2D eigenvalue weighted by molar-refractivity contribution is 6.00. The summed E-state index contributed by atoms with van der Waals surface area (Å²) in [6, 6.07) is 19.4. The second-order valence-electron chi connectivity index (χ2n) is 7.72. The van der Waals surface area contributed by atoms with Gasteiger partial charge >= 0.3 is 5.97 Å². The molecule has 0 saturated heterocycles. The molecule has 8 nitrogen and oxygen atoms in total. The van der Waals surface area contributed by atoms with Crippen molar-refractivity contribution in [1.29, 1.82) is 0 Å². The minimum absolute atomic E-state index is 0.0904. The first-order chi connectivity index (χ1) is 16.5. The number of methoxy groups -OCH3 is 2. The molecule has 0 aliphatic carbocycles. The second kappa shape index (κ2) is 10.1. The maximum absolute atomic E-state index is 12.7. The molecule has 3 aromatic rings. The number of rotatable bonds is 7. The first-order valence-electron chi connectivity index (χ1n) is 10.6.